The van der Waals surface area contributed by atoms with E-state index in [1.54, 1.807) is 0 Å². The molecule has 0 aliphatic heterocycles. The summed E-state index contributed by atoms with van der Waals surface area (Å²) < 4.78 is 10.9. The molecule has 0 aromatic heterocycles. The molecule has 0 fully saturated rings. The summed E-state index contributed by atoms with van der Waals surface area (Å²) in [4.78, 5) is 24.2. The van der Waals surface area contributed by atoms with Gasteiger partial charge in [-0.1, -0.05) is 55.5 Å². The van der Waals surface area contributed by atoms with Crippen molar-refractivity contribution in [3.05, 3.63) is 65.7 Å². The Labute approximate surface area is 154 Å². The second-order valence-electron chi connectivity index (χ2n) is 5.95. The molecule has 2 aromatic rings. The third-order valence-corrected chi connectivity index (χ3v) is 3.90. The number of benzene rings is 2. The SMILES string of the molecule is CCC(OC(=O)CCOc1ccccc1C)C(=O)NCc1ccccc1. The number of nitrogens with one attached hydrogen (secondary N) is 1. The number of para-hydroxylation sites is 1. The van der Waals surface area contributed by atoms with Crippen LogP contribution in [0.4, 0.5) is 0 Å². The lowest BCUT2D eigenvalue weighted by molar-refractivity contribution is -0.156. The normalized spacial score (nSPS) is 11.5. The summed E-state index contributed by atoms with van der Waals surface area (Å²) in [6, 6.07) is 17.2. The van der Waals surface area contributed by atoms with Crippen LogP contribution in [0.15, 0.2) is 54.6 Å². The van der Waals surface area contributed by atoms with Crippen molar-refractivity contribution in [2.24, 2.45) is 0 Å². The Bertz CT molecular complexity index is 715. The number of amides is 1. The van der Waals surface area contributed by atoms with E-state index in [2.05, 4.69) is 5.32 Å². The zero-order valence-electron chi connectivity index (χ0n) is 15.2. The summed E-state index contributed by atoms with van der Waals surface area (Å²) in [5.41, 5.74) is 2.00. The summed E-state index contributed by atoms with van der Waals surface area (Å²) in [5.74, 6) is 0.0118. The van der Waals surface area contributed by atoms with E-state index >= 15 is 0 Å². The van der Waals surface area contributed by atoms with Gasteiger partial charge in [-0.3, -0.25) is 9.59 Å². The van der Waals surface area contributed by atoms with Gasteiger partial charge in [-0.05, 0) is 30.5 Å². The van der Waals surface area contributed by atoms with Gasteiger partial charge in [-0.15, -0.1) is 0 Å². The molecule has 1 unspecified atom stereocenters. The van der Waals surface area contributed by atoms with Gasteiger partial charge in [0.1, 0.15) is 5.75 Å². The fraction of sp³-hybridized carbons (Fsp3) is 0.333. The summed E-state index contributed by atoms with van der Waals surface area (Å²) in [5, 5.41) is 2.80. The molecular formula is C21H25NO4. The van der Waals surface area contributed by atoms with Crippen LogP contribution in [0, 0.1) is 6.92 Å². The highest BCUT2D eigenvalue weighted by Crippen LogP contribution is 2.16. The van der Waals surface area contributed by atoms with Crippen molar-refractivity contribution in [3.8, 4) is 5.75 Å². The molecule has 0 radical (unpaired) electrons. The van der Waals surface area contributed by atoms with Crippen LogP contribution < -0.4 is 10.1 Å². The van der Waals surface area contributed by atoms with Crippen LogP contribution in [0.5, 0.6) is 5.75 Å². The predicted octanol–water partition coefficient (Wildman–Crippen LogP) is 3.40. The minimum Gasteiger partial charge on any atom is -0.493 e. The van der Waals surface area contributed by atoms with Gasteiger partial charge in [0.15, 0.2) is 6.10 Å². The number of hydrogen-bond donors (Lipinski definition) is 1. The third-order valence-electron chi connectivity index (χ3n) is 3.90. The monoisotopic (exact) mass is 355 g/mol. The fourth-order valence-electron chi connectivity index (χ4n) is 2.40. The minimum absolute atomic E-state index is 0.0940. The molecule has 138 valence electrons. The molecule has 5 heteroatoms. The van der Waals surface area contributed by atoms with Gasteiger partial charge in [-0.25, -0.2) is 0 Å². The Morgan fingerprint density at radius 3 is 2.42 bits per heavy atom. The Morgan fingerprint density at radius 2 is 1.73 bits per heavy atom. The van der Waals surface area contributed by atoms with E-state index in [-0.39, 0.29) is 18.9 Å². The maximum Gasteiger partial charge on any atom is 0.310 e. The maximum atomic E-state index is 12.2. The van der Waals surface area contributed by atoms with Crippen molar-refractivity contribution in [2.45, 2.75) is 39.3 Å². The molecule has 0 heterocycles. The number of carbonyl (C=O) groups excluding carboxylic acids is 2. The summed E-state index contributed by atoms with van der Waals surface area (Å²) in [7, 11) is 0. The van der Waals surface area contributed by atoms with Gasteiger partial charge >= 0.3 is 5.97 Å². The largest absolute Gasteiger partial charge is 0.493 e. The van der Waals surface area contributed by atoms with Gasteiger partial charge in [0, 0.05) is 6.54 Å². The first-order valence-electron chi connectivity index (χ1n) is 8.79. The topological polar surface area (TPSA) is 64.6 Å². The molecule has 0 saturated carbocycles. The molecule has 1 amide bonds. The van der Waals surface area contributed by atoms with Gasteiger partial charge in [-0.2, -0.15) is 0 Å². The summed E-state index contributed by atoms with van der Waals surface area (Å²) in [6.45, 7) is 4.37. The maximum absolute atomic E-state index is 12.2. The molecule has 0 bridgehead atoms. The van der Waals surface area contributed by atoms with E-state index in [4.69, 9.17) is 9.47 Å². The average Bonchev–Trinajstić information content (AvgIpc) is 2.66. The number of ether oxygens (including phenoxy) is 2. The van der Waals surface area contributed by atoms with E-state index in [0.717, 1.165) is 16.9 Å². The van der Waals surface area contributed by atoms with E-state index in [0.29, 0.717) is 13.0 Å². The zero-order valence-corrected chi connectivity index (χ0v) is 15.2. The van der Waals surface area contributed by atoms with Crippen molar-refractivity contribution in [1.29, 1.82) is 0 Å². The molecule has 26 heavy (non-hydrogen) atoms. The lowest BCUT2D eigenvalue weighted by Crippen LogP contribution is -2.37. The highest BCUT2D eigenvalue weighted by molar-refractivity contribution is 5.83. The summed E-state index contributed by atoms with van der Waals surface area (Å²) >= 11 is 0. The van der Waals surface area contributed by atoms with E-state index in [1.807, 2.05) is 68.4 Å². The highest BCUT2D eigenvalue weighted by Gasteiger charge is 2.20. The van der Waals surface area contributed by atoms with E-state index in [1.165, 1.54) is 0 Å². The second-order valence-corrected chi connectivity index (χ2v) is 5.95. The molecule has 1 N–H and O–H groups in total. The average molecular weight is 355 g/mol. The van der Waals surface area contributed by atoms with Crippen LogP contribution in [0.3, 0.4) is 0 Å². The molecule has 2 aromatic carbocycles. The predicted molar refractivity (Wildman–Crippen MR) is 99.8 cm³/mol. The second kappa shape index (κ2) is 10.2. The van der Waals surface area contributed by atoms with Gasteiger partial charge < -0.3 is 14.8 Å². The molecule has 0 spiro atoms. The summed E-state index contributed by atoms with van der Waals surface area (Å²) in [6.07, 6.45) is -0.272. The van der Waals surface area contributed by atoms with Crippen LogP contribution in [0.2, 0.25) is 0 Å². The molecule has 0 saturated heterocycles. The standard InChI is InChI=1S/C21H25NO4/c1-3-18(21(24)22-15-17-10-5-4-6-11-17)26-20(23)13-14-25-19-12-8-7-9-16(19)2/h4-12,18H,3,13-15H2,1-2H3,(H,22,24). The van der Waals surface area contributed by atoms with Crippen molar-refractivity contribution >= 4 is 11.9 Å². The smallest absolute Gasteiger partial charge is 0.310 e. The molecular weight excluding hydrogens is 330 g/mol. The van der Waals surface area contributed by atoms with Gasteiger partial charge in [0.05, 0.1) is 13.0 Å². The van der Waals surface area contributed by atoms with Crippen LogP contribution in [0.25, 0.3) is 0 Å². The van der Waals surface area contributed by atoms with Crippen molar-refractivity contribution in [3.63, 3.8) is 0 Å². The number of hydrogen-bond acceptors (Lipinski definition) is 4. The fourth-order valence-corrected chi connectivity index (χ4v) is 2.40. The van der Waals surface area contributed by atoms with Gasteiger partial charge in [0.25, 0.3) is 5.91 Å². The molecule has 0 aliphatic carbocycles. The Balaban J connectivity index is 1.74. The van der Waals surface area contributed by atoms with Crippen LogP contribution >= 0.6 is 0 Å². The van der Waals surface area contributed by atoms with Crippen LogP contribution in [-0.2, 0) is 20.9 Å². The first kappa shape index (κ1) is 19.5. The number of carbonyl (C=O) groups is 2. The molecule has 1 atom stereocenters. The number of aryl methyl sites for hydroxylation is 1. The Hall–Kier alpha value is -2.82. The number of rotatable bonds is 9. The van der Waals surface area contributed by atoms with E-state index in [9.17, 15) is 9.59 Å². The first-order valence-corrected chi connectivity index (χ1v) is 8.79. The Kier molecular flexibility index (Phi) is 7.68. The lowest BCUT2D eigenvalue weighted by atomic mass is 10.2. The third kappa shape index (κ3) is 6.24. The quantitative estimate of drug-likeness (QED) is 0.700. The molecule has 5 nitrogen and oxygen atoms in total. The number of esters is 1. The zero-order chi connectivity index (χ0) is 18.8. The Morgan fingerprint density at radius 1 is 1.04 bits per heavy atom. The van der Waals surface area contributed by atoms with Crippen LogP contribution in [-0.4, -0.2) is 24.6 Å². The van der Waals surface area contributed by atoms with Crippen molar-refractivity contribution < 1.29 is 19.1 Å². The van der Waals surface area contributed by atoms with Crippen molar-refractivity contribution in [2.75, 3.05) is 6.61 Å². The lowest BCUT2D eigenvalue weighted by Gasteiger charge is -2.16. The first-order chi connectivity index (χ1) is 12.6. The highest BCUT2D eigenvalue weighted by atomic mass is 16.6. The van der Waals surface area contributed by atoms with Crippen molar-refractivity contribution in [1.82, 2.24) is 5.32 Å². The van der Waals surface area contributed by atoms with Gasteiger partial charge in [0.2, 0.25) is 0 Å². The molecule has 0 aliphatic rings. The van der Waals surface area contributed by atoms with Crippen LogP contribution in [0.1, 0.15) is 30.9 Å². The van der Waals surface area contributed by atoms with E-state index < -0.39 is 12.1 Å². The molecule has 2 rings (SSSR count). The minimum atomic E-state index is -0.787.